The molecule has 0 saturated carbocycles. The first-order valence-electron chi connectivity index (χ1n) is 15.0. The van der Waals surface area contributed by atoms with Gasteiger partial charge in [0, 0.05) is 37.9 Å². The van der Waals surface area contributed by atoms with Crippen molar-refractivity contribution in [3.05, 3.63) is 12.2 Å². The van der Waals surface area contributed by atoms with Crippen LogP contribution in [0.1, 0.15) is 124 Å². The number of hydrogen-bond acceptors (Lipinski definition) is 5. The third-order valence-corrected chi connectivity index (χ3v) is 6.71. The quantitative estimate of drug-likeness (QED) is 0.0860. The van der Waals surface area contributed by atoms with Gasteiger partial charge in [-0.3, -0.25) is 14.4 Å². The van der Waals surface area contributed by atoms with Crippen LogP contribution < -0.4 is 16.0 Å². The number of amides is 3. The Balaban J connectivity index is 3.52. The highest BCUT2D eigenvalue weighted by Gasteiger charge is 2.32. The maximum atomic E-state index is 11.9. The normalized spacial score (nSPS) is 12.4. The van der Waals surface area contributed by atoms with Crippen molar-refractivity contribution in [2.75, 3.05) is 26.2 Å². The van der Waals surface area contributed by atoms with E-state index in [1.165, 1.54) is 64.2 Å². The Labute approximate surface area is 231 Å². The summed E-state index contributed by atoms with van der Waals surface area (Å²) in [7, 11) is 0. The van der Waals surface area contributed by atoms with Gasteiger partial charge in [-0.25, -0.2) is 0 Å². The molecule has 0 aromatic carbocycles. The number of nitrogens with one attached hydrogen (secondary N) is 3. The molecular formula is C30H57N3O5. The van der Waals surface area contributed by atoms with E-state index in [1.54, 1.807) is 13.8 Å². The van der Waals surface area contributed by atoms with Gasteiger partial charge in [-0.2, -0.15) is 0 Å². The number of carbonyl (C=O) groups excluding carboxylic acids is 3. The molecule has 0 bridgehead atoms. The molecule has 1 atom stereocenters. The summed E-state index contributed by atoms with van der Waals surface area (Å²) >= 11 is 0. The predicted octanol–water partition coefficient (Wildman–Crippen LogP) is 4.53. The van der Waals surface area contributed by atoms with Crippen molar-refractivity contribution in [2.24, 2.45) is 5.41 Å². The van der Waals surface area contributed by atoms with Crippen LogP contribution in [0.5, 0.6) is 0 Å². The second-order valence-corrected chi connectivity index (χ2v) is 11.0. The second kappa shape index (κ2) is 24.1. The highest BCUT2D eigenvalue weighted by Crippen LogP contribution is 2.19. The third-order valence-electron chi connectivity index (χ3n) is 6.71. The summed E-state index contributed by atoms with van der Waals surface area (Å²) in [6.07, 6.45) is 20.7. The van der Waals surface area contributed by atoms with Crippen LogP contribution in [0.3, 0.4) is 0 Å². The molecule has 0 fully saturated rings. The van der Waals surface area contributed by atoms with Gasteiger partial charge in [-0.05, 0) is 38.5 Å². The topological polar surface area (TPSA) is 128 Å². The first kappa shape index (κ1) is 36.1. The van der Waals surface area contributed by atoms with Crippen LogP contribution in [0.25, 0.3) is 0 Å². The van der Waals surface area contributed by atoms with Gasteiger partial charge in [-0.15, -0.1) is 0 Å². The molecule has 0 aromatic heterocycles. The van der Waals surface area contributed by atoms with Crippen LogP contribution in [0.2, 0.25) is 0 Å². The number of aliphatic hydroxyl groups is 2. The summed E-state index contributed by atoms with van der Waals surface area (Å²) in [6, 6.07) is 0. The molecule has 0 aliphatic carbocycles. The fourth-order valence-electron chi connectivity index (χ4n) is 3.91. The minimum atomic E-state index is -1.34. The van der Waals surface area contributed by atoms with E-state index in [-0.39, 0.29) is 31.4 Å². The Morgan fingerprint density at radius 3 is 1.74 bits per heavy atom. The Morgan fingerprint density at radius 2 is 1.18 bits per heavy atom. The summed E-state index contributed by atoms with van der Waals surface area (Å²) < 4.78 is 0. The lowest BCUT2D eigenvalue weighted by molar-refractivity contribution is -0.137. The first-order valence-corrected chi connectivity index (χ1v) is 15.0. The monoisotopic (exact) mass is 539 g/mol. The molecule has 1 unspecified atom stereocenters. The summed E-state index contributed by atoms with van der Waals surface area (Å²) in [5.41, 5.74) is -0.944. The van der Waals surface area contributed by atoms with Gasteiger partial charge in [0.2, 0.25) is 17.7 Å². The number of allylic oxidation sites excluding steroid dienone is 2. The summed E-state index contributed by atoms with van der Waals surface area (Å²) in [6.45, 7) is 6.17. The average molecular weight is 540 g/mol. The SMILES string of the molecule is CCCCCCCCC=CCCCCCCCC(=O)NCCCNC(=O)CCNC(=O)C(O)C(C)(C)CO. The largest absolute Gasteiger partial charge is 0.396 e. The molecule has 0 heterocycles. The molecule has 0 saturated heterocycles. The fraction of sp³-hybridized carbons (Fsp3) is 0.833. The number of hydrogen-bond donors (Lipinski definition) is 5. The van der Waals surface area contributed by atoms with Gasteiger partial charge >= 0.3 is 0 Å². The summed E-state index contributed by atoms with van der Waals surface area (Å²) in [4.78, 5) is 35.7. The van der Waals surface area contributed by atoms with Crippen LogP contribution in [0.15, 0.2) is 12.2 Å². The molecule has 0 aliphatic rings. The fourth-order valence-corrected chi connectivity index (χ4v) is 3.91. The molecule has 0 spiro atoms. The maximum absolute atomic E-state index is 11.9. The highest BCUT2D eigenvalue weighted by molar-refractivity contribution is 5.82. The zero-order chi connectivity index (χ0) is 28.5. The molecule has 0 radical (unpaired) electrons. The van der Waals surface area contributed by atoms with E-state index in [0.717, 1.165) is 19.3 Å². The maximum Gasteiger partial charge on any atom is 0.249 e. The van der Waals surface area contributed by atoms with Gasteiger partial charge in [-0.1, -0.05) is 84.3 Å². The molecule has 0 aliphatic heterocycles. The molecule has 38 heavy (non-hydrogen) atoms. The van der Waals surface area contributed by atoms with Gasteiger partial charge in [0.1, 0.15) is 6.10 Å². The van der Waals surface area contributed by atoms with Crippen LogP contribution >= 0.6 is 0 Å². The van der Waals surface area contributed by atoms with E-state index in [2.05, 4.69) is 35.0 Å². The van der Waals surface area contributed by atoms with Crippen molar-refractivity contribution in [3.63, 3.8) is 0 Å². The molecule has 0 rings (SSSR count). The van der Waals surface area contributed by atoms with E-state index in [9.17, 15) is 24.6 Å². The van der Waals surface area contributed by atoms with Crippen molar-refractivity contribution in [2.45, 2.75) is 130 Å². The van der Waals surface area contributed by atoms with Gasteiger partial charge in [0.15, 0.2) is 0 Å². The third kappa shape index (κ3) is 21.1. The number of unbranched alkanes of at least 4 members (excludes halogenated alkanes) is 11. The van der Waals surface area contributed by atoms with E-state index >= 15 is 0 Å². The van der Waals surface area contributed by atoms with Gasteiger partial charge in [0.05, 0.1) is 6.61 Å². The van der Waals surface area contributed by atoms with Gasteiger partial charge in [0.25, 0.3) is 0 Å². The van der Waals surface area contributed by atoms with Crippen molar-refractivity contribution >= 4 is 17.7 Å². The standard InChI is InChI=1S/C30H57N3O5/c1-4-5-6-7-8-9-10-11-12-13-14-15-16-17-18-20-26(35)31-22-19-23-32-27(36)21-24-33-29(38)28(37)30(2,3)25-34/h11-12,28,34,37H,4-10,13-25H2,1-3H3,(H,31,35)(H,32,36)(H,33,38). The van der Waals surface area contributed by atoms with E-state index in [4.69, 9.17) is 0 Å². The van der Waals surface area contributed by atoms with E-state index in [1.807, 2.05) is 0 Å². The highest BCUT2D eigenvalue weighted by atomic mass is 16.3. The molecule has 222 valence electrons. The van der Waals surface area contributed by atoms with Crippen molar-refractivity contribution in [1.82, 2.24) is 16.0 Å². The minimum absolute atomic E-state index is 0.0565. The molecule has 8 nitrogen and oxygen atoms in total. The average Bonchev–Trinajstić information content (AvgIpc) is 2.90. The van der Waals surface area contributed by atoms with Gasteiger partial charge < -0.3 is 26.2 Å². The van der Waals surface area contributed by atoms with Crippen LogP contribution in [0, 0.1) is 5.41 Å². The lowest BCUT2D eigenvalue weighted by Crippen LogP contribution is -2.46. The minimum Gasteiger partial charge on any atom is -0.396 e. The Morgan fingerprint density at radius 1 is 0.684 bits per heavy atom. The second-order valence-electron chi connectivity index (χ2n) is 11.0. The molecule has 8 heteroatoms. The molecule has 5 N–H and O–H groups in total. The van der Waals surface area contributed by atoms with Crippen LogP contribution in [-0.4, -0.2) is 60.3 Å². The number of rotatable bonds is 25. The zero-order valence-electron chi connectivity index (χ0n) is 24.5. The van der Waals surface area contributed by atoms with Crippen molar-refractivity contribution in [3.8, 4) is 0 Å². The molecule has 0 aromatic rings. The summed E-state index contributed by atoms with van der Waals surface area (Å²) in [5, 5.41) is 27.3. The lowest BCUT2D eigenvalue weighted by atomic mass is 9.87. The molecular weight excluding hydrogens is 482 g/mol. The van der Waals surface area contributed by atoms with Crippen molar-refractivity contribution < 1.29 is 24.6 Å². The zero-order valence-corrected chi connectivity index (χ0v) is 24.5. The number of carbonyl (C=O) groups is 3. The first-order chi connectivity index (χ1) is 18.2. The summed E-state index contributed by atoms with van der Waals surface area (Å²) in [5.74, 6) is -0.757. The van der Waals surface area contributed by atoms with E-state index < -0.39 is 17.4 Å². The predicted molar refractivity (Wildman–Crippen MR) is 155 cm³/mol. The Hall–Kier alpha value is -1.93. The molecule has 3 amide bonds. The lowest BCUT2D eigenvalue weighted by Gasteiger charge is -2.27. The number of aliphatic hydroxyl groups excluding tert-OH is 2. The smallest absolute Gasteiger partial charge is 0.249 e. The Bertz CT molecular complexity index is 652. The van der Waals surface area contributed by atoms with Crippen LogP contribution in [-0.2, 0) is 14.4 Å². The van der Waals surface area contributed by atoms with Crippen molar-refractivity contribution in [1.29, 1.82) is 0 Å². The Kier molecular flexibility index (Phi) is 22.9. The van der Waals surface area contributed by atoms with Crippen LogP contribution in [0.4, 0.5) is 0 Å². The van der Waals surface area contributed by atoms with E-state index in [0.29, 0.717) is 25.9 Å².